The molecule has 0 radical (unpaired) electrons. The minimum atomic E-state index is -3.66. The van der Waals surface area contributed by atoms with Gasteiger partial charge in [-0.3, -0.25) is 4.98 Å². The van der Waals surface area contributed by atoms with E-state index in [0.29, 0.717) is 13.0 Å². The number of sulfone groups is 2. The van der Waals surface area contributed by atoms with Gasteiger partial charge in [0.15, 0.2) is 19.7 Å². The standard InChI is InChI=1S/C16H20N2O4S3/c1-18(9-6-13-4-7-17-8-5-13)14-11-24(19,20)12-15(14)25(21,22)16-3-2-10-23-16/h2-5,7-8,10,14-15H,6,9,11-12H2,1H3/t14-,15-/m1/s1. The van der Waals surface area contributed by atoms with Crippen LogP contribution in [-0.4, -0.2) is 63.1 Å². The first-order chi connectivity index (χ1) is 11.8. The van der Waals surface area contributed by atoms with Crippen LogP contribution in [0.25, 0.3) is 0 Å². The summed E-state index contributed by atoms with van der Waals surface area (Å²) in [4.78, 5) is 5.83. The highest BCUT2D eigenvalue weighted by molar-refractivity contribution is 7.97. The van der Waals surface area contributed by atoms with E-state index in [2.05, 4.69) is 4.98 Å². The largest absolute Gasteiger partial charge is 0.301 e. The zero-order valence-electron chi connectivity index (χ0n) is 13.8. The molecule has 2 aromatic rings. The van der Waals surface area contributed by atoms with E-state index in [1.54, 1.807) is 37.0 Å². The van der Waals surface area contributed by atoms with Crippen LogP contribution in [0.5, 0.6) is 0 Å². The zero-order chi connectivity index (χ0) is 18.1. The molecule has 3 heterocycles. The number of hydrogen-bond acceptors (Lipinski definition) is 7. The molecule has 1 fully saturated rings. The number of rotatable bonds is 6. The molecule has 2 aromatic heterocycles. The van der Waals surface area contributed by atoms with Crippen molar-refractivity contribution in [2.24, 2.45) is 0 Å². The predicted octanol–water partition coefficient (Wildman–Crippen LogP) is 1.26. The second-order valence-corrected chi connectivity index (χ2v) is 11.7. The summed E-state index contributed by atoms with van der Waals surface area (Å²) >= 11 is 1.13. The van der Waals surface area contributed by atoms with Crippen molar-refractivity contribution in [1.82, 2.24) is 9.88 Å². The molecule has 0 unspecified atom stereocenters. The van der Waals surface area contributed by atoms with Crippen molar-refractivity contribution in [3.63, 3.8) is 0 Å². The van der Waals surface area contributed by atoms with E-state index < -0.39 is 31.0 Å². The van der Waals surface area contributed by atoms with Crippen LogP contribution in [0.3, 0.4) is 0 Å². The summed E-state index contributed by atoms with van der Waals surface area (Å²) in [6, 6.07) is 6.49. The molecule has 9 heteroatoms. The summed E-state index contributed by atoms with van der Waals surface area (Å²) in [6.07, 6.45) is 4.13. The van der Waals surface area contributed by atoms with Gasteiger partial charge in [-0.25, -0.2) is 16.8 Å². The second kappa shape index (κ2) is 7.14. The summed E-state index contributed by atoms with van der Waals surface area (Å²) < 4.78 is 50.3. The van der Waals surface area contributed by atoms with Gasteiger partial charge in [0.25, 0.3) is 0 Å². The van der Waals surface area contributed by atoms with Crippen LogP contribution in [0.2, 0.25) is 0 Å². The fourth-order valence-electron chi connectivity index (χ4n) is 3.10. The van der Waals surface area contributed by atoms with Crippen molar-refractivity contribution in [1.29, 1.82) is 0 Å². The van der Waals surface area contributed by atoms with Crippen molar-refractivity contribution in [2.45, 2.75) is 21.9 Å². The highest BCUT2D eigenvalue weighted by atomic mass is 32.2. The van der Waals surface area contributed by atoms with E-state index in [1.165, 1.54) is 0 Å². The Kier molecular flexibility index (Phi) is 5.29. The number of thiophene rings is 1. The van der Waals surface area contributed by atoms with E-state index >= 15 is 0 Å². The summed E-state index contributed by atoms with van der Waals surface area (Å²) in [7, 11) is -5.23. The van der Waals surface area contributed by atoms with E-state index in [4.69, 9.17) is 0 Å². The molecule has 25 heavy (non-hydrogen) atoms. The Morgan fingerprint density at radius 3 is 2.60 bits per heavy atom. The van der Waals surface area contributed by atoms with Gasteiger partial charge in [-0.15, -0.1) is 11.3 Å². The zero-order valence-corrected chi connectivity index (χ0v) is 16.2. The number of likely N-dealkylation sites (N-methyl/N-ethyl adjacent to an activating group) is 1. The third kappa shape index (κ3) is 4.11. The van der Waals surface area contributed by atoms with Crippen molar-refractivity contribution in [3.8, 4) is 0 Å². The highest BCUT2D eigenvalue weighted by Crippen LogP contribution is 2.30. The van der Waals surface area contributed by atoms with Crippen molar-refractivity contribution in [3.05, 3.63) is 47.6 Å². The maximum Gasteiger partial charge on any atom is 0.193 e. The minimum absolute atomic E-state index is 0.116. The predicted molar refractivity (Wildman–Crippen MR) is 98.3 cm³/mol. The number of hydrogen-bond donors (Lipinski definition) is 0. The molecule has 3 rings (SSSR count). The summed E-state index contributed by atoms with van der Waals surface area (Å²) in [6.45, 7) is 0.584. The smallest absolute Gasteiger partial charge is 0.193 e. The summed E-state index contributed by atoms with van der Waals surface area (Å²) in [5, 5.41) is 0.775. The van der Waals surface area contributed by atoms with Crippen LogP contribution in [0.4, 0.5) is 0 Å². The average Bonchev–Trinajstić information content (AvgIpc) is 3.22. The third-order valence-electron chi connectivity index (χ3n) is 4.51. The normalized spacial score (nSPS) is 23.1. The van der Waals surface area contributed by atoms with Crippen LogP contribution < -0.4 is 0 Å². The van der Waals surface area contributed by atoms with Crippen LogP contribution in [0.1, 0.15) is 5.56 Å². The number of nitrogens with zero attached hydrogens (tertiary/aromatic N) is 2. The second-order valence-electron chi connectivity index (χ2n) is 6.25. The molecule has 0 saturated carbocycles. The Balaban J connectivity index is 1.80. The molecular formula is C16H20N2O4S3. The average molecular weight is 401 g/mol. The van der Waals surface area contributed by atoms with Gasteiger partial charge in [0, 0.05) is 25.0 Å². The Morgan fingerprint density at radius 2 is 1.96 bits per heavy atom. The molecular weight excluding hydrogens is 380 g/mol. The first-order valence-electron chi connectivity index (χ1n) is 7.86. The monoisotopic (exact) mass is 400 g/mol. The van der Waals surface area contributed by atoms with Gasteiger partial charge in [0.2, 0.25) is 0 Å². The van der Waals surface area contributed by atoms with Crippen molar-refractivity contribution in [2.75, 3.05) is 25.1 Å². The van der Waals surface area contributed by atoms with Gasteiger partial charge >= 0.3 is 0 Å². The molecule has 0 aliphatic carbocycles. The third-order valence-corrected chi connectivity index (χ3v) is 10.1. The lowest BCUT2D eigenvalue weighted by Gasteiger charge is -2.28. The molecule has 1 aliphatic rings. The molecule has 0 spiro atoms. The summed E-state index contributed by atoms with van der Waals surface area (Å²) in [5.41, 5.74) is 1.08. The van der Waals surface area contributed by atoms with E-state index in [1.807, 2.05) is 17.0 Å². The topological polar surface area (TPSA) is 84.4 Å². The van der Waals surface area contributed by atoms with Gasteiger partial charge < -0.3 is 4.90 Å². The van der Waals surface area contributed by atoms with Gasteiger partial charge in [0.05, 0.1) is 16.8 Å². The lowest BCUT2D eigenvalue weighted by Crippen LogP contribution is -2.45. The molecule has 0 amide bonds. The quantitative estimate of drug-likeness (QED) is 0.726. The molecule has 0 bridgehead atoms. The molecule has 2 atom stereocenters. The first kappa shape index (κ1) is 18.5. The van der Waals surface area contributed by atoms with Gasteiger partial charge in [0.1, 0.15) is 4.21 Å². The molecule has 1 saturated heterocycles. The van der Waals surface area contributed by atoms with Gasteiger partial charge in [-0.05, 0) is 42.6 Å². The fraction of sp³-hybridized carbons (Fsp3) is 0.438. The van der Waals surface area contributed by atoms with E-state index in [9.17, 15) is 16.8 Å². The Morgan fingerprint density at radius 1 is 1.24 bits per heavy atom. The molecule has 0 aromatic carbocycles. The maximum absolute atomic E-state index is 12.9. The van der Waals surface area contributed by atoms with Gasteiger partial charge in [-0.1, -0.05) is 6.07 Å². The molecule has 0 N–H and O–H groups in total. The number of pyridine rings is 1. The van der Waals surface area contributed by atoms with Crippen LogP contribution in [0.15, 0.2) is 46.2 Å². The first-order valence-corrected chi connectivity index (χ1v) is 12.1. The van der Waals surface area contributed by atoms with Crippen molar-refractivity contribution < 1.29 is 16.8 Å². The van der Waals surface area contributed by atoms with Gasteiger partial charge in [-0.2, -0.15) is 0 Å². The fourth-order valence-corrected chi connectivity index (χ4v) is 9.23. The Hall–Kier alpha value is -1.29. The van der Waals surface area contributed by atoms with Crippen LogP contribution in [0, 0.1) is 0 Å². The molecule has 136 valence electrons. The SMILES string of the molecule is CN(CCc1ccncc1)[C@@H]1CS(=O)(=O)C[C@H]1S(=O)(=O)c1cccs1. The minimum Gasteiger partial charge on any atom is -0.301 e. The molecule has 1 aliphatic heterocycles. The maximum atomic E-state index is 12.9. The van der Waals surface area contributed by atoms with Crippen molar-refractivity contribution >= 4 is 31.0 Å². The Bertz CT molecular complexity index is 910. The van der Waals surface area contributed by atoms with E-state index in [0.717, 1.165) is 16.9 Å². The highest BCUT2D eigenvalue weighted by Gasteiger charge is 2.47. The lowest BCUT2D eigenvalue weighted by molar-refractivity contribution is 0.266. The summed E-state index contributed by atoms with van der Waals surface area (Å²) in [5.74, 6) is -0.424. The lowest BCUT2D eigenvalue weighted by atomic mass is 10.1. The Labute approximate surface area is 152 Å². The molecule has 6 nitrogen and oxygen atoms in total. The van der Waals surface area contributed by atoms with Crippen LogP contribution in [-0.2, 0) is 26.1 Å². The van der Waals surface area contributed by atoms with E-state index in [-0.39, 0.29) is 15.7 Å². The van der Waals surface area contributed by atoms with Crippen LogP contribution >= 0.6 is 11.3 Å². The number of aromatic nitrogens is 1.